The number of carbonyl (C=O) groups excluding carboxylic acids is 1. The average molecular weight is 567 g/mol. The van der Waals surface area contributed by atoms with Crippen LogP contribution in [0.4, 0.5) is 0 Å². The van der Waals surface area contributed by atoms with E-state index in [9.17, 15) is 25.2 Å². The average Bonchev–Trinajstić information content (AvgIpc) is 3.00. The van der Waals surface area contributed by atoms with Crippen LogP contribution in [0.2, 0.25) is 0 Å². The zero-order valence-electron chi connectivity index (χ0n) is 22.8. The minimum Gasteiger partial charge on any atom is -0.394 e. The van der Waals surface area contributed by atoms with Crippen LogP contribution in [0.5, 0.6) is 0 Å². The van der Waals surface area contributed by atoms with E-state index in [-0.39, 0.29) is 6.42 Å². The number of pyridine rings is 3. The zero-order chi connectivity index (χ0) is 29.0. The summed E-state index contributed by atoms with van der Waals surface area (Å²) in [5.41, 5.74) is 2.74. The summed E-state index contributed by atoms with van der Waals surface area (Å²) in [4.78, 5) is 30.6. The van der Waals surface area contributed by atoms with Crippen molar-refractivity contribution < 1.29 is 30.0 Å². The van der Waals surface area contributed by atoms with Gasteiger partial charge in [0.2, 0.25) is 5.91 Å². The maximum absolute atomic E-state index is 12.8. The quantitative estimate of drug-likeness (QED) is 0.174. The van der Waals surface area contributed by atoms with E-state index in [2.05, 4.69) is 30.1 Å². The van der Waals surface area contributed by atoms with Gasteiger partial charge in [-0.05, 0) is 36.4 Å². The second-order valence-corrected chi connectivity index (χ2v) is 10.0. The Morgan fingerprint density at radius 1 is 0.756 bits per heavy atom. The third-order valence-electron chi connectivity index (χ3n) is 6.95. The van der Waals surface area contributed by atoms with Crippen LogP contribution in [-0.4, -0.2) is 108 Å². The van der Waals surface area contributed by atoms with Gasteiger partial charge in [-0.15, -0.1) is 0 Å². The lowest BCUT2D eigenvalue weighted by molar-refractivity contribution is -0.253. The predicted molar refractivity (Wildman–Crippen MR) is 149 cm³/mol. The molecule has 12 nitrogen and oxygen atoms in total. The van der Waals surface area contributed by atoms with E-state index >= 15 is 0 Å². The topological polar surface area (TPSA) is 164 Å². The molecule has 0 bridgehead atoms. The van der Waals surface area contributed by atoms with Gasteiger partial charge in [0, 0.05) is 64.3 Å². The molecule has 220 valence electrons. The monoisotopic (exact) mass is 566 g/mol. The van der Waals surface area contributed by atoms with E-state index in [4.69, 9.17) is 4.74 Å². The number of ether oxygens (including phenoxy) is 1. The first-order chi connectivity index (χ1) is 19.9. The third kappa shape index (κ3) is 9.33. The molecule has 1 saturated heterocycles. The Bertz CT molecular complexity index is 1140. The molecular formula is C29H38N6O6. The number of aromatic nitrogens is 3. The Balaban J connectivity index is 1.39. The van der Waals surface area contributed by atoms with Crippen molar-refractivity contribution in [1.82, 2.24) is 30.1 Å². The fourth-order valence-corrected chi connectivity index (χ4v) is 4.70. The molecule has 1 fully saturated rings. The summed E-state index contributed by atoms with van der Waals surface area (Å²) in [5.74, 6) is -0.420. The molecule has 41 heavy (non-hydrogen) atoms. The van der Waals surface area contributed by atoms with Crippen molar-refractivity contribution in [2.75, 3.05) is 26.2 Å². The SMILES string of the molecule is O=C(CCN(CCN(Cc1ccccn1)Cc1ccccn1)Cc1ccccn1)N[C@@H]1[C@@H](O)[C@H](O)[C@@H](CO)O[C@@H]1O. The van der Waals surface area contributed by atoms with Crippen molar-refractivity contribution in [3.8, 4) is 0 Å². The van der Waals surface area contributed by atoms with Crippen molar-refractivity contribution in [3.63, 3.8) is 0 Å². The molecule has 0 unspecified atom stereocenters. The van der Waals surface area contributed by atoms with Gasteiger partial charge in [0.1, 0.15) is 24.4 Å². The highest BCUT2D eigenvalue weighted by molar-refractivity contribution is 5.76. The van der Waals surface area contributed by atoms with Crippen LogP contribution in [0, 0.1) is 0 Å². The van der Waals surface area contributed by atoms with Gasteiger partial charge in [-0.25, -0.2) is 0 Å². The summed E-state index contributed by atoms with van der Waals surface area (Å²) >= 11 is 0. The molecule has 5 atom stereocenters. The highest BCUT2D eigenvalue weighted by Gasteiger charge is 2.44. The van der Waals surface area contributed by atoms with Gasteiger partial charge < -0.3 is 30.5 Å². The number of nitrogens with zero attached hydrogens (tertiary/aromatic N) is 5. The number of rotatable bonds is 14. The van der Waals surface area contributed by atoms with Gasteiger partial charge in [-0.2, -0.15) is 0 Å². The molecule has 3 aromatic heterocycles. The van der Waals surface area contributed by atoms with Crippen LogP contribution in [0.1, 0.15) is 23.5 Å². The normalized spacial score (nSPS) is 22.6. The number of aliphatic hydroxyl groups excluding tert-OH is 4. The van der Waals surface area contributed by atoms with E-state index in [0.29, 0.717) is 39.3 Å². The van der Waals surface area contributed by atoms with Crippen LogP contribution in [0.15, 0.2) is 73.2 Å². The molecular weight excluding hydrogens is 528 g/mol. The molecule has 1 amide bonds. The minimum atomic E-state index is -1.56. The van der Waals surface area contributed by atoms with Gasteiger partial charge >= 0.3 is 0 Å². The first kappa shape index (κ1) is 30.6. The van der Waals surface area contributed by atoms with Crippen molar-refractivity contribution in [2.24, 2.45) is 0 Å². The van der Waals surface area contributed by atoms with E-state index < -0.39 is 43.2 Å². The second-order valence-electron chi connectivity index (χ2n) is 10.0. The maximum Gasteiger partial charge on any atom is 0.221 e. The predicted octanol–water partition coefficient (Wildman–Crippen LogP) is -0.318. The number of amides is 1. The van der Waals surface area contributed by atoms with Gasteiger partial charge in [0.15, 0.2) is 6.29 Å². The zero-order valence-corrected chi connectivity index (χ0v) is 22.8. The Kier molecular flexibility index (Phi) is 11.6. The van der Waals surface area contributed by atoms with Crippen LogP contribution in [-0.2, 0) is 29.2 Å². The first-order valence-electron chi connectivity index (χ1n) is 13.7. The second kappa shape index (κ2) is 15.6. The van der Waals surface area contributed by atoms with E-state index in [0.717, 1.165) is 17.1 Å². The van der Waals surface area contributed by atoms with Gasteiger partial charge in [-0.1, -0.05) is 18.2 Å². The summed E-state index contributed by atoms with van der Waals surface area (Å²) in [7, 11) is 0. The van der Waals surface area contributed by atoms with E-state index in [1.807, 2.05) is 54.6 Å². The summed E-state index contributed by atoms with van der Waals surface area (Å²) in [6.45, 7) is 2.88. The fraction of sp³-hybridized carbons (Fsp3) is 0.448. The summed E-state index contributed by atoms with van der Waals surface area (Å²) in [5, 5.41) is 42.5. The van der Waals surface area contributed by atoms with Crippen molar-refractivity contribution in [2.45, 2.75) is 56.7 Å². The smallest absolute Gasteiger partial charge is 0.221 e. The van der Waals surface area contributed by atoms with Crippen LogP contribution >= 0.6 is 0 Å². The standard InChI is InChI=1S/C29H38N6O6/c36-20-24-27(38)28(39)26(29(40)41-24)33-25(37)10-14-34(17-21-7-1-4-11-30-21)15-16-35(18-22-8-2-5-12-31-22)19-23-9-3-6-13-32-23/h1-9,11-13,24,26-29,36,38-40H,10,14-20H2,(H,33,37)/t24-,26-,27-,28-,29+/m1/s1. The highest BCUT2D eigenvalue weighted by atomic mass is 16.6. The molecule has 0 spiro atoms. The molecule has 0 radical (unpaired) electrons. The molecule has 5 N–H and O–H groups in total. The minimum absolute atomic E-state index is 0.0722. The Morgan fingerprint density at radius 2 is 1.27 bits per heavy atom. The third-order valence-corrected chi connectivity index (χ3v) is 6.95. The highest BCUT2D eigenvalue weighted by Crippen LogP contribution is 2.20. The van der Waals surface area contributed by atoms with Crippen molar-refractivity contribution in [1.29, 1.82) is 0 Å². The number of hydrogen-bond acceptors (Lipinski definition) is 11. The van der Waals surface area contributed by atoms with Crippen molar-refractivity contribution >= 4 is 5.91 Å². The molecule has 1 aliphatic heterocycles. The Hall–Kier alpha value is -3.36. The number of carbonyl (C=O) groups is 1. The summed E-state index contributed by atoms with van der Waals surface area (Å²) in [6.07, 6.45) is -0.292. The van der Waals surface area contributed by atoms with Gasteiger partial charge in [0.05, 0.1) is 23.7 Å². The molecule has 12 heteroatoms. The number of hydrogen-bond donors (Lipinski definition) is 5. The number of aliphatic hydroxyl groups is 4. The fourth-order valence-electron chi connectivity index (χ4n) is 4.70. The first-order valence-corrected chi connectivity index (χ1v) is 13.7. The lowest BCUT2D eigenvalue weighted by atomic mass is 9.97. The molecule has 4 heterocycles. The van der Waals surface area contributed by atoms with Gasteiger partial charge in [-0.3, -0.25) is 29.5 Å². The summed E-state index contributed by atoms with van der Waals surface area (Å²) in [6, 6.07) is 16.1. The summed E-state index contributed by atoms with van der Waals surface area (Å²) < 4.78 is 5.15. The maximum atomic E-state index is 12.8. The van der Waals surface area contributed by atoms with Crippen molar-refractivity contribution in [3.05, 3.63) is 90.3 Å². The number of nitrogens with one attached hydrogen (secondary N) is 1. The van der Waals surface area contributed by atoms with Crippen LogP contribution in [0.3, 0.4) is 0 Å². The van der Waals surface area contributed by atoms with E-state index in [1.54, 1.807) is 18.6 Å². The molecule has 3 aromatic rings. The Labute approximate surface area is 239 Å². The van der Waals surface area contributed by atoms with Crippen LogP contribution < -0.4 is 5.32 Å². The molecule has 0 aliphatic carbocycles. The lowest BCUT2D eigenvalue weighted by Gasteiger charge is -2.40. The largest absolute Gasteiger partial charge is 0.394 e. The van der Waals surface area contributed by atoms with Gasteiger partial charge in [0.25, 0.3) is 0 Å². The lowest BCUT2D eigenvalue weighted by Crippen LogP contribution is -2.64. The molecule has 0 saturated carbocycles. The Morgan fingerprint density at radius 3 is 1.76 bits per heavy atom. The molecule has 1 aliphatic rings. The molecule has 0 aromatic carbocycles. The molecule has 4 rings (SSSR count). The van der Waals surface area contributed by atoms with Crippen LogP contribution in [0.25, 0.3) is 0 Å². The van der Waals surface area contributed by atoms with E-state index in [1.165, 1.54) is 0 Å².